The lowest BCUT2D eigenvalue weighted by Gasteiger charge is -2.23. The van der Waals surface area contributed by atoms with Crippen LogP contribution in [-0.2, 0) is 20.8 Å². The third-order valence-corrected chi connectivity index (χ3v) is 6.32. The van der Waals surface area contributed by atoms with Crippen LogP contribution in [0.1, 0.15) is 24.8 Å². The lowest BCUT2D eigenvalue weighted by Crippen LogP contribution is -2.42. The molecule has 28 heavy (non-hydrogen) atoms. The zero-order valence-corrected chi connectivity index (χ0v) is 15.7. The van der Waals surface area contributed by atoms with Crippen LogP contribution in [0, 0.1) is 11.3 Å². The quantitative estimate of drug-likeness (QED) is 0.833. The van der Waals surface area contributed by atoms with Crippen molar-refractivity contribution in [1.29, 1.82) is 0 Å². The van der Waals surface area contributed by atoms with Gasteiger partial charge in [-0.2, -0.15) is 0 Å². The second-order valence-electron chi connectivity index (χ2n) is 7.92. The molecule has 2 amide bonds. The van der Waals surface area contributed by atoms with Crippen LogP contribution in [0.3, 0.4) is 0 Å². The molecule has 1 aliphatic heterocycles. The smallest absolute Gasteiger partial charge is 0.311 e. The molecule has 0 spiro atoms. The summed E-state index contributed by atoms with van der Waals surface area (Å²) in [6.07, 6.45) is 2.59. The van der Waals surface area contributed by atoms with Crippen LogP contribution in [0.25, 0.3) is 10.8 Å². The number of fused-ring (bicyclic) bond motifs is 2. The van der Waals surface area contributed by atoms with Gasteiger partial charge in [0.15, 0.2) is 0 Å². The lowest BCUT2D eigenvalue weighted by molar-refractivity contribution is -0.149. The Hall–Kier alpha value is -2.89. The average molecular weight is 380 g/mol. The average Bonchev–Trinajstić information content (AvgIpc) is 3.25. The molecular formula is C22H24N2O4. The van der Waals surface area contributed by atoms with E-state index in [1.165, 1.54) is 0 Å². The van der Waals surface area contributed by atoms with E-state index in [1.807, 2.05) is 42.5 Å². The fourth-order valence-electron chi connectivity index (χ4n) is 4.80. The number of benzene rings is 2. The lowest BCUT2D eigenvalue weighted by atomic mass is 9.81. The van der Waals surface area contributed by atoms with E-state index >= 15 is 0 Å². The number of carboxylic acid groups (broad SMARTS) is 1. The molecule has 2 atom stereocenters. The van der Waals surface area contributed by atoms with Gasteiger partial charge in [0.2, 0.25) is 11.8 Å². The summed E-state index contributed by atoms with van der Waals surface area (Å²) in [7, 11) is 0. The molecule has 0 radical (unpaired) electrons. The molecule has 1 aliphatic carbocycles. The molecule has 0 bridgehead atoms. The molecular weight excluding hydrogens is 356 g/mol. The van der Waals surface area contributed by atoms with Crippen molar-refractivity contribution in [2.45, 2.75) is 25.7 Å². The second kappa shape index (κ2) is 7.26. The van der Waals surface area contributed by atoms with Gasteiger partial charge >= 0.3 is 5.97 Å². The van der Waals surface area contributed by atoms with Crippen molar-refractivity contribution in [3.8, 4) is 0 Å². The highest BCUT2D eigenvalue weighted by Gasteiger charge is 2.55. The van der Waals surface area contributed by atoms with Crippen molar-refractivity contribution in [1.82, 2.24) is 10.2 Å². The maximum Gasteiger partial charge on any atom is 0.311 e. The fraction of sp³-hybridized carbons (Fsp3) is 0.409. The summed E-state index contributed by atoms with van der Waals surface area (Å²) in [5.74, 6) is -1.19. The molecule has 2 aromatic rings. The Bertz CT molecular complexity index is 936. The van der Waals surface area contributed by atoms with Crippen molar-refractivity contribution < 1.29 is 19.5 Å². The third-order valence-electron chi connectivity index (χ3n) is 6.32. The Balaban J connectivity index is 1.35. The van der Waals surface area contributed by atoms with Gasteiger partial charge in [-0.3, -0.25) is 14.4 Å². The van der Waals surface area contributed by atoms with Crippen LogP contribution in [-0.4, -0.2) is 47.4 Å². The first-order valence-corrected chi connectivity index (χ1v) is 9.74. The first-order valence-electron chi connectivity index (χ1n) is 9.74. The van der Waals surface area contributed by atoms with Crippen LogP contribution in [0.5, 0.6) is 0 Å². The Morgan fingerprint density at radius 1 is 1.14 bits per heavy atom. The molecule has 1 saturated heterocycles. The zero-order valence-electron chi connectivity index (χ0n) is 15.7. The van der Waals surface area contributed by atoms with E-state index in [0.29, 0.717) is 13.0 Å². The standard InChI is InChI=1S/C22H24N2O4/c25-19(11-16-7-3-6-15-5-1-2-9-18(15)16)23-12-20(26)24-13-17-8-4-10-22(17,14-24)21(27)28/h1-3,5-7,9,17H,4,8,10-14H2,(H,23,25)(H,27,28)/t17-,22+/m0/s1. The Morgan fingerprint density at radius 2 is 1.93 bits per heavy atom. The van der Waals surface area contributed by atoms with Crippen LogP contribution in [0.2, 0.25) is 0 Å². The van der Waals surface area contributed by atoms with Crippen LogP contribution in [0.15, 0.2) is 42.5 Å². The highest BCUT2D eigenvalue weighted by atomic mass is 16.4. The Labute approximate surface area is 163 Å². The zero-order chi connectivity index (χ0) is 19.7. The molecule has 2 aliphatic rings. The molecule has 2 fully saturated rings. The number of aliphatic carboxylic acids is 1. The van der Waals surface area contributed by atoms with Gasteiger partial charge in [-0.25, -0.2) is 0 Å². The topological polar surface area (TPSA) is 86.7 Å². The summed E-state index contributed by atoms with van der Waals surface area (Å²) < 4.78 is 0. The van der Waals surface area contributed by atoms with Crippen molar-refractivity contribution in [3.05, 3.63) is 48.0 Å². The summed E-state index contributed by atoms with van der Waals surface area (Å²) in [5, 5.41) is 14.4. The molecule has 0 aromatic heterocycles. The number of nitrogens with zero attached hydrogens (tertiary/aromatic N) is 1. The molecule has 4 rings (SSSR count). The van der Waals surface area contributed by atoms with Gasteiger partial charge in [0.1, 0.15) is 0 Å². The fourth-order valence-corrected chi connectivity index (χ4v) is 4.80. The Kier molecular flexibility index (Phi) is 4.79. The number of carbonyl (C=O) groups excluding carboxylic acids is 2. The van der Waals surface area contributed by atoms with Crippen molar-refractivity contribution >= 4 is 28.6 Å². The molecule has 1 saturated carbocycles. The summed E-state index contributed by atoms with van der Waals surface area (Å²) in [6, 6.07) is 13.7. The van der Waals surface area contributed by atoms with Gasteiger partial charge in [0.05, 0.1) is 18.4 Å². The monoisotopic (exact) mass is 380 g/mol. The summed E-state index contributed by atoms with van der Waals surface area (Å²) in [5.41, 5.74) is 0.131. The summed E-state index contributed by atoms with van der Waals surface area (Å²) in [4.78, 5) is 38.2. The van der Waals surface area contributed by atoms with E-state index in [-0.39, 0.29) is 37.2 Å². The van der Waals surface area contributed by atoms with Gasteiger partial charge in [0, 0.05) is 13.1 Å². The van der Waals surface area contributed by atoms with E-state index in [4.69, 9.17) is 0 Å². The molecule has 0 unspecified atom stereocenters. The summed E-state index contributed by atoms with van der Waals surface area (Å²) in [6.45, 7) is 0.640. The maximum atomic E-state index is 12.5. The maximum absolute atomic E-state index is 12.5. The first-order chi connectivity index (χ1) is 13.5. The highest BCUT2D eigenvalue weighted by Crippen LogP contribution is 2.48. The molecule has 6 nitrogen and oxygen atoms in total. The molecule has 6 heteroatoms. The largest absolute Gasteiger partial charge is 0.481 e. The number of carboxylic acids is 1. The Morgan fingerprint density at radius 3 is 2.71 bits per heavy atom. The second-order valence-corrected chi connectivity index (χ2v) is 7.92. The van der Waals surface area contributed by atoms with Crippen molar-refractivity contribution in [3.63, 3.8) is 0 Å². The van der Waals surface area contributed by atoms with E-state index in [1.54, 1.807) is 4.90 Å². The van der Waals surface area contributed by atoms with Gasteiger partial charge in [-0.1, -0.05) is 48.9 Å². The number of nitrogens with one attached hydrogen (secondary N) is 1. The number of likely N-dealkylation sites (tertiary alicyclic amines) is 1. The number of rotatable bonds is 5. The minimum absolute atomic E-state index is 0.0281. The summed E-state index contributed by atoms with van der Waals surface area (Å²) >= 11 is 0. The molecule has 2 aromatic carbocycles. The first kappa shape index (κ1) is 18.5. The van der Waals surface area contributed by atoms with Gasteiger partial charge in [-0.05, 0) is 35.1 Å². The van der Waals surface area contributed by atoms with Gasteiger partial charge < -0.3 is 15.3 Å². The van der Waals surface area contributed by atoms with E-state index in [2.05, 4.69) is 5.32 Å². The van der Waals surface area contributed by atoms with Gasteiger partial charge in [-0.15, -0.1) is 0 Å². The normalized spacial score (nSPS) is 23.6. The van der Waals surface area contributed by atoms with Crippen molar-refractivity contribution in [2.75, 3.05) is 19.6 Å². The minimum Gasteiger partial charge on any atom is -0.481 e. The molecule has 1 heterocycles. The van der Waals surface area contributed by atoms with Crippen LogP contribution in [0.4, 0.5) is 0 Å². The number of hydrogen-bond donors (Lipinski definition) is 2. The predicted molar refractivity (Wildman–Crippen MR) is 105 cm³/mol. The molecule has 146 valence electrons. The third kappa shape index (κ3) is 3.23. The van der Waals surface area contributed by atoms with Crippen LogP contribution >= 0.6 is 0 Å². The number of carbonyl (C=O) groups is 3. The van der Waals surface area contributed by atoms with E-state index in [0.717, 1.165) is 29.2 Å². The predicted octanol–water partition coefficient (Wildman–Crippen LogP) is 2.21. The van der Waals surface area contributed by atoms with Crippen molar-refractivity contribution in [2.24, 2.45) is 11.3 Å². The number of amides is 2. The number of hydrogen-bond acceptors (Lipinski definition) is 3. The highest BCUT2D eigenvalue weighted by molar-refractivity contribution is 5.92. The van der Waals surface area contributed by atoms with E-state index < -0.39 is 11.4 Å². The minimum atomic E-state index is -0.801. The van der Waals surface area contributed by atoms with Crippen LogP contribution < -0.4 is 5.32 Å². The van der Waals surface area contributed by atoms with E-state index in [9.17, 15) is 19.5 Å². The molecule has 2 N–H and O–H groups in total. The SMILES string of the molecule is O=C(Cc1cccc2ccccc12)NCC(=O)N1C[C@@H]2CCC[C@@]2(C(=O)O)C1. The van der Waals surface area contributed by atoms with Gasteiger partial charge in [0.25, 0.3) is 0 Å².